The maximum atomic E-state index is 13.0. The highest BCUT2D eigenvalue weighted by atomic mass is 16.5. The van der Waals surface area contributed by atoms with Crippen molar-refractivity contribution in [2.24, 2.45) is 0 Å². The third-order valence-corrected chi connectivity index (χ3v) is 6.12. The minimum absolute atomic E-state index is 0.0632. The van der Waals surface area contributed by atoms with Crippen LogP contribution in [0.2, 0.25) is 0 Å². The summed E-state index contributed by atoms with van der Waals surface area (Å²) in [4.78, 5) is 19.2. The van der Waals surface area contributed by atoms with Gasteiger partial charge in [-0.15, -0.1) is 0 Å². The summed E-state index contributed by atoms with van der Waals surface area (Å²) in [5, 5.41) is 3.46. The Morgan fingerprint density at radius 2 is 1.76 bits per heavy atom. The van der Waals surface area contributed by atoms with Gasteiger partial charge in [0, 0.05) is 42.5 Å². The van der Waals surface area contributed by atoms with E-state index in [1.165, 1.54) is 5.56 Å². The predicted molar refractivity (Wildman–Crippen MR) is 132 cm³/mol. The summed E-state index contributed by atoms with van der Waals surface area (Å²) in [5.41, 5.74) is 10.9. The third-order valence-electron chi connectivity index (χ3n) is 6.12. The number of carbonyl (C=O) groups excluding carboxylic acids is 1. The van der Waals surface area contributed by atoms with Gasteiger partial charge in [-0.1, -0.05) is 36.4 Å². The summed E-state index contributed by atoms with van der Waals surface area (Å²) >= 11 is 0. The number of nitrogens with two attached hydrogens (primary N) is 1. The van der Waals surface area contributed by atoms with Crippen molar-refractivity contribution in [1.29, 1.82) is 0 Å². The van der Waals surface area contributed by atoms with Gasteiger partial charge in [-0.2, -0.15) is 0 Å². The molecule has 2 aromatic carbocycles. The lowest BCUT2D eigenvalue weighted by Gasteiger charge is -2.36. The molecule has 1 unspecified atom stereocenters. The molecule has 3 N–H and O–H groups in total. The van der Waals surface area contributed by atoms with Crippen molar-refractivity contribution in [1.82, 2.24) is 15.2 Å². The van der Waals surface area contributed by atoms with E-state index < -0.39 is 0 Å². The van der Waals surface area contributed by atoms with Crippen LogP contribution in [0.15, 0.2) is 60.8 Å². The summed E-state index contributed by atoms with van der Waals surface area (Å²) in [6, 6.07) is 18.3. The van der Waals surface area contributed by atoms with Crippen LogP contribution in [0.1, 0.15) is 48.4 Å². The van der Waals surface area contributed by atoms with Crippen molar-refractivity contribution in [3.8, 4) is 16.9 Å². The van der Waals surface area contributed by atoms with Crippen LogP contribution in [-0.2, 0) is 0 Å². The van der Waals surface area contributed by atoms with Gasteiger partial charge in [0.2, 0.25) is 0 Å². The van der Waals surface area contributed by atoms with Gasteiger partial charge >= 0.3 is 0 Å². The fourth-order valence-electron chi connectivity index (χ4n) is 4.48. The molecule has 0 bridgehead atoms. The van der Waals surface area contributed by atoms with Gasteiger partial charge in [-0.25, -0.2) is 4.98 Å². The van der Waals surface area contributed by atoms with Crippen LogP contribution in [-0.4, -0.2) is 41.0 Å². The second-order valence-corrected chi connectivity index (χ2v) is 8.98. The molecule has 1 aromatic heterocycles. The van der Waals surface area contributed by atoms with E-state index in [2.05, 4.69) is 43.2 Å². The molecular weight excluding hydrogens is 412 g/mol. The Morgan fingerprint density at radius 1 is 1.09 bits per heavy atom. The van der Waals surface area contributed by atoms with E-state index in [9.17, 15) is 4.79 Å². The summed E-state index contributed by atoms with van der Waals surface area (Å²) < 4.78 is 6.18. The molecular formula is C27H32N4O2. The Balaban J connectivity index is 1.51. The normalized spacial score (nSPS) is 19.2. The number of carbonyl (C=O) groups is 1. The average Bonchev–Trinajstić information content (AvgIpc) is 2.80. The standard InChI is InChI=1S/C27H32N4O2/c1-17-7-5-6-8-24(17)20(4)33-25-13-23(14-29-26(25)28)21-9-11-22(12-10-21)27(32)31-15-18(2)30-19(3)16-31/h5-14,18-20,30H,15-16H2,1-4H3,(H2,28,29)/t18-,19+,20?. The molecule has 2 heterocycles. The van der Waals surface area contributed by atoms with Crippen molar-refractivity contribution < 1.29 is 9.53 Å². The van der Waals surface area contributed by atoms with E-state index in [-0.39, 0.29) is 12.0 Å². The highest BCUT2D eigenvalue weighted by Gasteiger charge is 2.25. The molecule has 33 heavy (non-hydrogen) atoms. The van der Waals surface area contributed by atoms with Crippen molar-refractivity contribution >= 4 is 11.7 Å². The summed E-state index contributed by atoms with van der Waals surface area (Å²) in [7, 11) is 0. The van der Waals surface area contributed by atoms with Crippen LogP contribution < -0.4 is 15.8 Å². The van der Waals surface area contributed by atoms with Crippen LogP contribution in [0.3, 0.4) is 0 Å². The summed E-state index contributed by atoms with van der Waals surface area (Å²) in [5.74, 6) is 0.966. The molecule has 1 aliphatic heterocycles. The smallest absolute Gasteiger partial charge is 0.253 e. The lowest BCUT2D eigenvalue weighted by atomic mass is 10.0. The number of aromatic nitrogens is 1. The number of hydrogen-bond acceptors (Lipinski definition) is 5. The molecule has 4 rings (SSSR count). The van der Waals surface area contributed by atoms with E-state index in [1.807, 2.05) is 54.3 Å². The van der Waals surface area contributed by atoms with E-state index in [0.717, 1.165) is 16.7 Å². The number of nitrogen functional groups attached to an aromatic ring is 1. The molecule has 3 aromatic rings. The molecule has 1 aliphatic rings. The lowest BCUT2D eigenvalue weighted by molar-refractivity contribution is 0.0674. The lowest BCUT2D eigenvalue weighted by Crippen LogP contribution is -2.55. The maximum absolute atomic E-state index is 13.0. The molecule has 3 atom stereocenters. The number of aryl methyl sites for hydroxylation is 1. The van der Waals surface area contributed by atoms with Gasteiger partial charge in [-0.05, 0) is 62.6 Å². The third kappa shape index (κ3) is 5.17. The van der Waals surface area contributed by atoms with Crippen LogP contribution in [0.25, 0.3) is 11.1 Å². The molecule has 0 aliphatic carbocycles. The second-order valence-electron chi connectivity index (χ2n) is 8.98. The van der Waals surface area contributed by atoms with E-state index in [0.29, 0.717) is 42.3 Å². The molecule has 6 nitrogen and oxygen atoms in total. The quantitative estimate of drug-likeness (QED) is 0.601. The van der Waals surface area contributed by atoms with Gasteiger partial charge in [0.15, 0.2) is 11.6 Å². The van der Waals surface area contributed by atoms with Gasteiger partial charge in [0.05, 0.1) is 0 Å². The first-order valence-electron chi connectivity index (χ1n) is 11.4. The van der Waals surface area contributed by atoms with Gasteiger partial charge < -0.3 is 20.7 Å². The first kappa shape index (κ1) is 22.8. The minimum Gasteiger partial charge on any atom is -0.482 e. The number of pyridine rings is 1. The summed E-state index contributed by atoms with van der Waals surface area (Å²) in [6.07, 6.45) is 1.58. The fourth-order valence-corrected chi connectivity index (χ4v) is 4.48. The number of ether oxygens (including phenoxy) is 1. The van der Waals surface area contributed by atoms with Gasteiger partial charge in [0.25, 0.3) is 5.91 Å². The molecule has 172 valence electrons. The molecule has 0 saturated carbocycles. The first-order chi connectivity index (χ1) is 15.8. The van der Waals surface area contributed by atoms with E-state index in [4.69, 9.17) is 10.5 Å². The summed E-state index contributed by atoms with van der Waals surface area (Å²) in [6.45, 7) is 9.71. The van der Waals surface area contributed by atoms with Crippen molar-refractivity contribution in [3.05, 3.63) is 77.5 Å². The van der Waals surface area contributed by atoms with Crippen LogP contribution in [0.4, 0.5) is 5.82 Å². The molecule has 6 heteroatoms. The zero-order chi connectivity index (χ0) is 23.5. The van der Waals surface area contributed by atoms with Gasteiger partial charge in [0.1, 0.15) is 6.10 Å². The first-order valence-corrected chi connectivity index (χ1v) is 11.4. The number of nitrogens with zero attached hydrogens (tertiary/aromatic N) is 2. The Labute approximate surface area is 195 Å². The molecule has 1 amide bonds. The van der Waals surface area contributed by atoms with Crippen molar-refractivity contribution in [3.63, 3.8) is 0 Å². The van der Waals surface area contributed by atoms with Crippen molar-refractivity contribution in [2.75, 3.05) is 18.8 Å². The van der Waals surface area contributed by atoms with Crippen molar-refractivity contribution in [2.45, 2.75) is 45.9 Å². The fraction of sp³-hybridized carbons (Fsp3) is 0.333. The average molecular weight is 445 g/mol. The van der Waals surface area contributed by atoms with Crippen LogP contribution >= 0.6 is 0 Å². The predicted octanol–water partition coefficient (Wildman–Crippen LogP) is 4.60. The highest BCUT2D eigenvalue weighted by Crippen LogP contribution is 2.31. The molecule has 0 radical (unpaired) electrons. The zero-order valence-electron chi connectivity index (χ0n) is 19.7. The molecule has 1 saturated heterocycles. The van der Waals surface area contributed by atoms with Crippen LogP contribution in [0, 0.1) is 6.92 Å². The van der Waals surface area contributed by atoms with E-state index in [1.54, 1.807) is 6.20 Å². The Kier molecular flexibility index (Phi) is 6.65. The number of piperazine rings is 1. The Bertz CT molecular complexity index is 1120. The van der Waals surface area contributed by atoms with E-state index >= 15 is 0 Å². The zero-order valence-corrected chi connectivity index (χ0v) is 19.7. The topological polar surface area (TPSA) is 80.5 Å². The number of nitrogens with one attached hydrogen (secondary N) is 1. The number of benzene rings is 2. The monoisotopic (exact) mass is 444 g/mol. The second kappa shape index (κ2) is 9.63. The Morgan fingerprint density at radius 3 is 2.42 bits per heavy atom. The largest absolute Gasteiger partial charge is 0.482 e. The molecule has 1 fully saturated rings. The Hall–Kier alpha value is -3.38. The number of hydrogen-bond donors (Lipinski definition) is 2. The number of anilines is 1. The SMILES string of the molecule is Cc1ccccc1C(C)Oc1cc(-c2ccc(C(=O)N3C[C@@H](C)N[C@@H](C)C3)cc2)cnc1N. The maximum Gasteiger partial charge on any atom is 0.253 e. The molecule has 0 spiro atoms. The minimum atomic E-state index is -0.158. The highest BCUT2D eigenvalue weighted by molar-refractivity contribution is 5.95. The number of rotatable bonds is 5. The van der Waals surface area contributed by atoms with Crippen LogP contribution in [0.5, 0.6) is 5.75 Å². The van der Waals surface area contributed by atoms with Gasteiger partial charge in [-0.3, -0.25) is 4.79 Å². The number of amides is 1.